The van der Waals surface area contributed by atoms with Crippen molar-refractivity contribution in [3.8, 4) is 0 Å². The summed E-state index contributed by atoms with van der Waals surface area (Å²) < 4.78 is 28.2. The molecule has 0 atom stereocenters. The Morgan fingerprint density at radius 1 is 1.00 bits per heavy atom. The second kappa shape index (κ2) is 9.69. The number of sulfonamides is 1. The van der Waals surface area contributed by atoms with Gasteiger partial charge in [0.05, 0.1) is 16.8 Å². The van der Waals surface area contributed by atoms with E-state index in [0.29, 0.717) is 5.69 Å². The summed E-state index contributed by atoms with van der Waals surface area (Å²) in [4.78, 5) is 12.6. The Balaban J connectivity index is 1.81. The van der Waals surface area contributed by atoms with Gasteiger partial charge in [0.15, 0.2) is 0 Å². The van der Waals surface area contributed by atoms with Gasteiger partial charge in [0.25, 0.3) is 15.9 Å². The molecule has 30 heavy (non-hydrogen) atoms. The smallest absolute Gasteiger partial charge is 0.264 e. The van der Waals surface area contributed by atoms with Crippen LogP contribution in [-0.2, 0) is 14.8 Å². The molecule has 0 radical (unpaired) electrons. The summed E-state index contributed by atoms with van der Waals surface area (Å²) in [6.07, 6.45) is 1.51. The van der Waals surface area contributed by atoms with Crippen LogP contribution in [-0.4, -0.2) is 27.1 Å². The van der Waals surface area contributed by atoms with Gasteiger partial charge in [-0.1, -0.05) is 64.0 Å². The normalized spacial score (nSPS) is 11.4. The highest BCUT2D eigenvalue weighted by Crippen LogP contribution is 2.25. The van der Waals surface area contributed by atoms with Crippen molar-refractivity contribution in [2.75, 3.05) is 10.8 Å². The number of rotatable bonds is 7. The molecule has 0 aliphatic heterocycles. The SMILES string of the molecule is Cc1ccc(/C=N/NC(=O)CN(c2ccc(Br)cc2)S(=O)(=O)c2ccccc2)cc1. The van der Waals surface area contributed by atoms with E-state index in [2.05, 4.69) is 26.5 Å². The highest BCUT2D eigenvalue weighted by Gasteiger charge is 2.27. The zero-order chi connectivity index (χ0) is 21.6. The number of anilines is 1. The Kier molecular flexibility index (Phi) is 7.02. The monoisotopic (exact) mass is 485 g/mol. The van der Waals surface area contributed by atoms with E-state index >= 15 is 0 Å². The summed E-state index contributed by atoms with van der Waals surface area (Å²) >= 11 is 3.34. The molecule has 0 saturated heterocycles. The molecule has 3 aromatic carbocycles. The van der Waals surface area contributed by atoms with Crippen molar-refractivity contribution >= 4 is 43.8 Å². The van der Waals surface area contributed by atoms with Crippen molar-refractivity contribution in [2.24, 2.45) is 5.10 Å². The molecule has 0 heterocycles. The van der Waals surface area contributed by atoms with Crippen molar-refractivity contribution in [1.29, 1.82) is 0 Å². The third-order valence-electron chi connectivity index (χ3n) is 4.21. The first-order valence-corrected chi connectivity index (χ1v) is 11.3. The maximum atomic E-state index is 13.2. The van der Waals surface area contributed by atoms with Gasteiger partial charge in [0.2, 0.25) is 0 Å². The lowest BCUT2D eigenvalue weighted by Gasteiger charge is -2.23. The van der Waals surface area contributed by atoms with Crippen molar-refractivity contribution < 1.29 is 13.2 Å². The maximum absolute atomic E-state index is 13.2. The van der Waals surface area contributed by atoms with Crippen LogP contribution in [0.3, 0.4) is 0 Å². The van der Waals surface area contributed by atoms with Crippen LogP contribution in [0.4, 0.5) is 5.69 Å². The summed E-state index contributed by atoms with van der Waals surface area (Å²) in [5.74, 6) is -0.555. The summed E-state index contributed by atoms with van der Waals surface area (Å²) in [5, 5.41) is 3.93. The lowest BCUT2D eigenvalue weighted by molar-refractivity contribution is -0.119. The van der Waals surface area contributed by atoms with Crippen LogP contribution in [0.1, 0.15) is 11.1 Å². The number of amides is 1. The van der Waals surface area contributed by atoms with Crippen LogP contribution < -0.4 is 9.73 Å². The van der Waals surface area contributed by atoms with Crippen molar-refractivity contribution in [2.45, 2.75) is 11.8 Å². The van der Waals surface area contributed by atoms with Crippen LogP contribution in [0.25, 0.3) is 0 Å². The third-order valence-corrected chi connectivity index (χ3v) is 6.53. The van der Waals surface area contributed by atoms with Gasteiger partial charge in [-0.2, -0.15) is 5.10 Å². The van der Waals surface area contributed by atoms with E-state index in [4.69, 9.17) is 0 Å². The van der Waals surface area contributed by atoms with E-state index in [1.165, 1.54) is 18.3 Å². The molecule has 0 spiro atoms. The molecule has 1 amide bonds. The van der Waals surface area contributed by atoms with Crippen molar-refractivity contribution in [1.82, 2.24) is 5.43 Å². The Morgan fingerprint density at radius 3 is 2.27 bits per heavy atom. The molecule has 0 unspecified atom stereocenters. The van der Waals surface area contributed by atoms with E-state index in [0.717, 1.165) is 19.9 Å². The zero-order valence-corrected chi connectivity index (χ0v) is 18.6. The largest absolute Gasteiger partial charge is 0.271 e. The molecule has 154 valence electrons. The Labute approximate surface area is 184 Å². The first kappa shape index (κ1) is 21.7. The maximum Gasteiger partial charge on any atom is 0.264 e. The molecule has 1 N–H and O–H groups in total. The van der Waals surface area contributed by atoms with E-state index in [1.807, 2.05) is 31.2 Å². The number of hydrogen-bond acceptors (Lipinski definition) is 4. The number of nitrogens with one attached hydrogen (secondary N) is 1. The molecule has 0 aliphatic rings. The van der Waals surface area contributed by atoms with Gasteiger partial charge in [-0.15, -0.1) is 0 Å². The predicted molar refractivity (Wildman–Crippen MR) is 122 cm³/mol. The average Bonchev–Trinajstić information content (AvgIpc) is 2.75. The van der Waals surface area contributed by atoms with Crippen molar-refractivity contribution in [3.63, 3.8) is 0 Å². The first-order chi connectivity index (χ1) is 14.4. The van der Waals surface area contributed by atoms with Crippen molar-refractivity contribution in [3.05, 3.63) is 94.5 Å². The van der Waals surface area contributed by atoms with Gasteiger partial charge >= 0.3 is 0 Å². The second-order valence-corrected chi connectivity index (χ2v) is 9.28. The Hall–Kier alpha value is -2.97. The van der Waals surface area contributed by atoms with Crippen LogP contribution in [0.2, 0.25) is 0 Å². The number of hydrazone groups is 1. The number of carbonyl (C=O) groups is 1. The quantitative estimate of drug-likeness (QED) is 0.404. The van der Waals surface area contributed by atoms with E-state index in [9.17, 15) is 13.2 Å². The fourth-order valence-corrected chi connectivity index (χ4v) is 4.35. The highest BCUT2D eigenvalue weighted by atomic mass is 79.9. The van der Waals surface area contributed by atoms with E-state index in [-0.39, 0.29) is 4.90 Å². The molecule has 3 rings (SSSR count). The standard InChI is InChI=1S/C22H20BrN3O3S/c1-17-7-9-18(10-8-17)15-24-25-22(27)16-26(20-13-11-19(23)12-14-20)30(28,29)21-5-3-2-4-6-21/h2-15H,16H2,1H3,(H,25,27)/b24-15+. The molecule has 8 heteroatoms. The molecule has 0 saturated carbocycles. The molecular formula is C22H20BrN3O3S. The lowest BCUT2D eigenvalue weighted by atomic mass is 10.2. The zero-order valence-electron chi connectivity index (χ0n) is 16.2. The van der Waals surface area contributed by atoms with Crippen LogP contribution in [0.15, 0.2) is 93.3 Å². The summed E-state index contributed by atoms with van der Waals surface area (Å²) in [6.45, 7) is 1.57. The molecule has 0 bridgehead atoms. The second-order valence-electron chi connectivity index (χ2n) is 6.51. The van der Waals surface area contributed by atoms with Gasteiger partial charge < -0.3 is 0 Å². The van der Waals surface area contributed by atoms with Gasteiger partial charge in [-0.05, 0) is 48.9 Å². The first-order valence-electron chi connectivity index (χ1n) is 9.08. The molecule has 0 aliphatic carbocycles. The highest BCUT2D eigenvalue weighted by molar-refractivity contribution is 9.10. The summed E-state index contributed by atoms with van der Waals surface area (Å²) in [5.41, 5.74) is 4.71. The number of halogens is 1. The Bertz CT molecular complexity index is 1130. The van der Waals surface area contributed by atoms with Gasteiger partial charge in [0.1, 0.15) is 6.54 Å². The fraction of sp³-hybridized carbons (Fsp3) is 0.0909. The fourth-order valence-electron chi connectivity index (χ4n) is 2.64. The van der Waals surface area contributed by atoms with Gasteiger partial charge in [0, 0.05) is 4.47 Å². The lowest BCUT2D eigenvalue weighted by Crippen LogP contribution is -2.39. The van der Waals surface area contributed by atoms with Crippen LogP contribution >= 0.6 is 15.9 Å². The third kappa shape index (κ3) is 5.55. The number of carbonyl (C=O) groups excluding carboxylic acids is 1. The molecule has 0 aromatic heterocycles. The van der Waals surface area contributed by atoms with E-state index in [1.54, 1.807) is 42.5 Å². The minimum Gasteiger partial charge on any atom is -0.271 e. The molecular weight excluding hydrogens is 466 g/mol. The number of hydrogen-bond donors (Lipinski definition) is 1. The minimum absolute atomic E-state index is 0.101. The predicted octanol–water partition coefficient (Wildman–Crippen LogP) is 4.10. The molecule has 3 aromatic rings. The number of benzene rings is 3. The number of aryl methyl sites for hydroxylation is 1. The summed E-state index contributed by atoms with van der Waals surface area (Å²) in [6, 6.07) is 22.3. The van der Waals surface area contributed by atoms with E-state index < -0.39 is 22.5 Å². The average molecular weight is 486 g/mol. The Morgan fingerprint density at radius 2 is 1.63 bits per heavy atom. The van der Waals surface area contributed by atoms with Crippen LogP contribution in [0.5, 0.6) is 0 Å². The van der Waals surface area contributed by atoms with Gasteiger partial charge in [-0.25, -0.2) is 13.8 Å². The number of nitrogens with zero attached hydrogens (tertiary/aromatic N) is 2. The van der Waals surface area contributed by atoms with Crippen LogP contribution in [0, 0.1) is 6.92 Å². The van der Waals surface area contributed by atoms with Gasteiger partial charge in [-0.3, -0.25) is 9.10 Å². The topological polar surface area (TPSA) is 78.8 Å². The molecule has 6 nitrogen and oxygen atoms in total. The summed E-state index contributed by atoms with van der Waals surface area (Å²) in [7, 11) is -3.94. The molecule has 0 fully saturated rings. The minimum atomic E-state index is -3.94.